The number of halogens is 1. The molecule has 0 aliphatic heterocycles. The van der Waals surface area contributed by atoms with Gasteiger partial charge in [-0.05, 0) is 41.9 Å². The van der Waals surface area contributed by atoms with E-state index in [-0.39, 0.29) is 10.7 Å². The second-order valence-electron chi connectivity index (χ2n) is 4.09. The first kappa shape index (κ1) is 14.0. The Bertz CT molecular complexity index is 707. The zero-order valence-electron chi connectivity index (χ0n) is 10.7. The summed E-state index contributed by atoms with van der Waals surface area (Å²) >= 11 is 3.24. The van der Waals surface area contributed by atoms with E-state index in [0.29, 0.717) is 11.4 Å². The molecule has 0 atom stereocenters. The van der Waals surface area contributed by atoms with E-state index in [0.717, 1.165) is 4.47 Å². The highest BCUT2D eigenvalue weighted by Gasteiger charge is 2.24. The van der Waals surface area contributed by atoms with Crippen molar-refractivity contribution in [2.75, 3.05) is 4.72 Å². The van der Waals surface area contributed by atoms with Crippen molar-refractivity contribution in [1.29, 1.82) is 0 Å². The number of nitrogens with zero attached hydrogens (tertiary/aromatic N) is 3. The molecule has 0 radical (unpaired) electrons. The number of hydrogen-bond donors (Lipinski definition) is 1. The molecule has 2 rings (SSSR count). The quantitative estimate of drug-likeness (QED) is 0.923. The van der Waals surface area contributed by atoms with Crippen LogP contribution in [-0.4, -0.2) is 23.2 Å². The van der Waals surface area contributed by atoms with Crippen LogP contribution in [0.15, 0.2) is 27.7 Å². The molecule has 8 heteroatoms. The molecule has 1 N–H and O–H groups in total. The molecule has 0 saturated heterocycles. The van der Waals surface area contributed by atoms with Gasteiger partial charge in [0.15, 0.2) is 0 Å². The van der Waals surface area contributed by atoms with E-state index in [2.05, 4.69) is 30.7 Å². The molecule has 0 bridgehead atoms. The maximum atomic E-state index is 12.3. The summed E-state index contributed by atoms with van der Waals surface area (Å²) in [5.74, 6) is 0.269. The summed E-state index contributed by atoms with van der Waals surface area (Å²) in [6.45, 7) is 3.38. The molecular formula is C11H13BrN4O2S. The van der Waals surface area contributed by atoms with Crippen molar-refractivity contribution in [2.45, 2.75) is 18.7 Å². The molecule has 6 nitrogen and oxygen atoms in total. The van der Waals surface area contributed by atoms with Crippen molar-refractivity contribution in [2.24, 2.45) is 7.05 Å². The minimum absolute atomic E-state index is 0.194. The standard InChI is InChI=1S/C11H13BrN4O2S/c1-7-11(8(2)16(3)14-7)19(17,18)15-10-5-4-9(12)6-13-10/h4-6H,1-3H3,(H,13,15). The van der Waals surface area contributed by atoms with Crippen LogP contribution in [0.3, 0.4) is 0 Å². The molecular weight excluding hydrogens is 332 g/mol. The molecule has 0 amide bonds. The largest absolute Gasteiger partial charge is 0.271 e. The number of rotatable bonds is 3. The number of aromatic nitrogens is 3. The van der Waals surface area contributed by atoms with Gasteiger partial charge >= 0.3 is 0 Å². The van der Waals surface area contributed by atoms with Gasteiger partial charge in [0.2, 0.25) is 0 Å². The Hall–Kier alpha value is -1.41. The third-order valence-corrected chi connectivity index (χ3v) is 4.75. The Labute approximate surface area is 120 Å². The summed E-state index contributed by atoms with van der Waals surface area (Å²) in [6, 6.07) is 3.30. The number of sulfonamides is 1. The Morgan fingerprint density at radius 1 is 1.32 bits per heavy atom. The first-order valence-corrected chi connectivity index (χ1v) is 7.73. The van der Waals surface area contributed by atoms with Gasteiger partial charge < -0.3 is 0 Å². The second-order valence-corrected chi connectivity index (χ2v) is 6.63. The summed E-state index contributed by atoms with van der Waals surface area (Å²) in [6.07, 6.45) is 1.53. The van der Waals surface area contributed by atoms with Crippen LogP contribution in [0, 0.1) is 13.8 Å². The number of nitrogens with one attached hydrogen (secondary N) is 1. The molecule has 2 aromatic heterocycles. The smallest absolute Gasteiger partial charge is 0.266 e. The highest BCUT2D eigenvalue weighted by atomic mass is 79.9. The van der Waals surface area contributed by atoms with Crippen molar-refractivity contribution in [3.05, 3.63) is 34.2 Å². The molecule has 0 spiro atoms. The van der Waals surface area contributed by atoms with Crippen LogP contribution in [0.4, 0.5) is 5.82 Å². The first-order valence-electron chi connectivity index (χ1n) is 5.46. The molecule has 2 aromatic rings. The van der Waals surface area contributed by atoms with Crippen LogP contribution < -0.4 is 4.72 Å². The van der Waals surface area contributed by atoms with Crippen molar-refractivity contribution in [1.82, 2.24) is 14.8 Å². The van der Waals surface area contributed by atoms with Crippen molar-refractivity contribution < 1.29 is 8.42 Å². The first-order chi connectivity index (χ1) is 8.81. The van der Waals surface area contributed by atoms with Crippen LogP contribution in [0.2, 0.25) is 0 Å². The predicted octanol–water partition coefficient (Wildman–Crippen LogP) is 2.00. The SMILES string of the molecule is Cc1nn(C)c(C)c1S(=O)(=O)Nc1ccc(Br)cn1. The molecule has 19 heavy (non-hydrogen) atoms. The van der Waals surface area contributed by atoms with E-state index < -0.39 is 10.0 Å². The maximum absolute atomic E-state index is 12.3. The molecule has 102 valence electrons. The zero-order valence-corrected chi connectivity index (χ0v) is 13.1. The number of hydrogen-bond acceptors (Lipinski definition) is 4. The van der Waals surface area contributed by atoms with E-state index in [9.17, 15) is 8.42 Å². The predicted molar refractivity (Wildman–Crippen MR) is 75.4 cm³/mol. The van der Waals surface area contributed by atoms with E-state index >= 15 is 0 Å². The summed E-state index contributed by atoms with van der Waals surface area (Å²) in [7, 11) is -1.97. The third-order valence-electron chi connectivity index (χ3n) is 2.68. The van der Waals surface area contributed by atoms with Crippen LogP contribution in [0.1, 0.15) is 11.4 Å². The highest BCUT2D eigenvalue weighted by Crippen LogP contribution is 2.21. The van der Waals surface area contributed by atoms with Crippen LogP contribution >= 0.6 is 15.9 Å². The van der Waals surface area contributed by atoms with Gasteiger partial charge in [-0.25, -0.2) is 13.4 Å². The number of anilines is 1. The fourth-order valence-corrected chi connectivity index (χ4v) is 3.45. The number of pyridine rings is 1. The lowest BCUT2D eigenvalue weighted by Crippen LogP contribution is -2.15. The van der Waals surface area contributed by atoms with Gasteiger partial charge in [0, 0.05) is 17.7 Å². The third kappa shape index (κ3) is 2.79. The van der Waals surface area contributed by atoms with Gasteiger partial charge in [-0.1, -0.05) is 0 Å². The van der Waals surface area contributed by atoms with Gasteiger partial charge in [0.25, 0.3) is 10.0 Å². The van der Waals surface area contributed by atoms with E-state index in [1.807, 2.05) is 0 Å². The van der Waals surface area contributed by atoms with Gasteiger partial charge in [-0.3, -0.25) is 9.40 Å². The molecule has 0 aliphatic carbocycles. The Kier molecular flexibility index (Phi) is 3.64. The fraction of sp³-hybridized carbons (Fsp3) is 0.273. The van der Waals surface area contributed by atoms with Gasteiger partial charge in [-0.2, -0.15) is 5.10 Å². The van der Waals surface area contributed by atoms with E-state index in [1.165, 1.54) is 6.20 Å². The molecule has 2 heterocycles. The van der Waals surface area contributed by atoms with E-state index in [1.54, 1.807) is 37.7 Å². The molecule has 0 unspecified atom stereocenters. The van der Waals surface area contributed by atoms with Gasteiger partial charge in [-0.15, -0.1) is 0 Å². The lowest BCUT2D eigenvalue weighted by molar-refractivity contribution is 0.599. The molecule has 0 aliphatic rings. The Morgan fingerprint density at radius 3 is 2.47 bits per heavy atom. The van der Waals surface area contributed by atoms with Crippen LogP contribution in [-0.2, 0) is 17.1 Å². The molecule has 0 saturated carbocycles. The topological polar surface area (TPSA) is 76.9 Å². The van der Waals surface area contributed by atoms with Gasteiger partial charge in [0.05, 0.1) is 11.4 Å². The Morgan fingerprint density at radius 2 is 2.00 bits per heavy atom. The fourth-order valence-electron chi connectivity index (χ4n) is 1.77. The normalized spacial score (nSPS) is 11.6. The molecule has 0 fully saturated rings. The van der Waals surface area contributed by atoms with Crippen molar-refractivity contribution in [3.63, 3.8) is 0 Å². The maximum Gasteiger partial charge on any atom is 0.266 e. The Balaban J connectivity index is 2.40. The van der Waals surface area contributed by atoms with Crippen LogP contribution in [0.5, 0.6) is 0 Å². The summed E-state index contributed by atoms with van der Waals surface area (Å²) in [5, 5.41) is 4.10. The lowest BCUT2D eigenvalue weighted by Gasteiger charge is -2.07. The number of aryl methyl sites for hydroxylation is 2. The summed E-state index contributed by atoms with van der Waals surface area (Å²) in [4.78, 5) is 4.18. The molecule has 0 aromatic carbocycles. The average molecular weight is 345 g/mol. The summed E-state index contributed by atoms with van der Waals surface area (Å²) in [5.41, 5.74) is 1.05. The monoisotopic (exact) mass is 344 g/mol. The minimum atomic E-state index is -3.68. The van der Waals surface area contributed by atoms with Crippen molar-refractivity contribution >= 4 is 31.8 Å². The minimum Gasteiger partial charge on any atom is -0.271 e. The summed E-state index contributed by atoms with van der Waals surface area (Å²) < 4.78 is 29.4. The van der Waals surface area contributed by atoms with Crippen molar-refractivity contribution in [3.8, 4) is 0 Å². The van der Waals surface area contributed by atoms with Crippen LogP contribution in [0.25, 0.3) is 0 Å². The lowest BCUT2D eigenvalue weighted by atomic mass is 10.4. The zero-order chi connectivity index (χ0) is 14.2. The highest BCUT2D eigenvalue weighted by molar-refractivity contribution is 9.10. The van der Waals surface area contributed by atoms with E-state index in [4.69, 9.17) is 0 Å². The van der Waals surface area contributed by atoms with Gasteiger partial charge in [0.1, 0.15) is 10.7 Å². The average Bonchev–Trinajstić information content (AvgIpc) is 2.56. The second kappa shape index (κ2) is 4.93.